The topological polar surface area (TPSA) is 80.4 Å². The molecular weight excluding hydrogens is 284 g/mol. The van der Waals surface area contributed by atoms with E-state index in [4.69, 9.17) is 5.11 Å². The smallest absolute Gasteiger partial charge is 0.309 e. The van der Waals surface area contributed by atoms with Crippen molar-refractivity contribution < 1.29 is 9.90 Å². The fraction of sp³-hybridized carbons (Fsp3) is 0.273. The van der Waals surface area contributed by atoms with E-state index in [-0.39, 0.29) is 6.42 Å². The van der Waals surface area contributed by atoms with Crippen LogP contribution in [0, 0.1) is 0 Å². The van der Waals surface area contributed by atoms with Crippen molar-refractivity contribution in [2.75, 3.05) is 5.75 Å². The Bertz CT molecular complexity index is 633. The van der Waals surface area contributed by atoms with Gasteiger partial charge < -0.3 is 5.11 Å². The lowest BCUT2D eigenvalue weighted by Gasteiger charge is -2.11. The average Bonchev–Trinajstić information content (AvgIpc) is 3.00. The first-order valence-electron chi connectivity index (χ1n) is 5.60. The van der Waals surface area contributed by atoms with Crippen molar-refractivity contribution in [3.8, 4) is 0 Å². The number of rotatable bonds is 4. The molecule has 3 rings (SSSR count). The van der Waals surface area contributed by atoms with Crippen molar-refractivity contribution in [2.24, 2.45) is 5.10 Å². The Balaban J connectivity index is 1.88. The predicted molar refractivity (Wildman–Crippen MR) is 73.0 cm³/mol. The molecule has 0 aliphatic carbocycles. The van der Waals surface area contributed by atoms with Gasteiger partial charge in [-0.15, -0.1) is 21.5 Å². The second-order valence-corrected chi connectivity index (χ2v) is 5.97. The van der Waals surface area contributed by atoms with Gasteiger partial charge in [-0.3, -0.25) is 4.79 Å². The molecule has 0 amide bonds. The fourth-order valence-corrected chi connectivity index (χ4v) is 3.27. The monoisotopic (exact) mass is 294 g/mol. The molecule has 0 radical (unpaired) electrons. The molecule has 0 saturated carbocycles. The summed E-state index contributed by atoms with van der Waals surface area (Å²) in [6.45, 7) is 0. The first kappa shape index (κ1) is 12.4. The molecule has 1 aliphatic rings. The largest absolute Gasteiger partial charge is 0.481 e. The Morgan fingerprint density at radius 2 is 2.37 bits per heavy atom. The molecule has 0 spiro atoms. The molecule has 0 atom stereocenters. The third-order valence-corrected chi connectivity index (χ3v) is 4.42. The van der Waals surface area contributed by atoms with E-state index in [9.17, 15) is 4.79 Å². The number of fused-ring (bicyclic) bond motifs is 1. The SMILES string of the molecule is O=C(O)CC1=Nn2c(Cc3cccs3)nnc2SC1. The van der Waals surface area contributed by atoms with Gasteiger partial charge in [0, 0.05) is 17.1 Å². The Hall–Kier alpha value is -1.67. The van der Waals surface area contributed by atoms with Gasteiger partial charge in [0.1, 0.15) is 0 Å². The highest BCUT2D eigenvalue weighted by atomic mass is 32.2. The van der Waals surface area contributed by atoms with Crippen molar-refractivity contribution in [2.45, 2.75) is 18.0 Å². The molecule has 0 fully saturated rings. The average molecular weight is 294 g/mol. The Labute approximate surface area is 117 Å². The maximum Gasteiger partial charge on any atom is 0.309 e. The van der Waals surface area contributed by atoms with Gasteiger partial charge in [0.2, 0.25) is 5.16 Å². The van der Waals surface area contributed by atoms with Crippen LogP contribution in [0.1, 0.15) is 17.1 Å². The lowest BCUT2D eigenvalue weighted by molar-refractivity contribution is -0.135. The number of thioether (sulfide) groups is 1. The minimum Gasteiger partial charge on any atom is -0.481 e. The Morgan fingerprint density at radius 3 is 3.11 bits per heavy atom. The number of hydrogen-bond donors (Lipinski definition) is 1. The first-order chi connectivity index (χ1) is 9.22. The molecule has 0 saturated heterocycles. The maximum absolute atomic E-state index is 10.7. The standard InChI is InChI=1S/C11H10N4O2S2/c16-10(17)4-7-6-19-11-13-12-9(15(11)14-7)5-8-2-1-3-18-8/h1-3H,4-6H2,(H,16,17). The van der Waals surface area contributed by atoms with Crippen molar-refractivity contribution in [1.29, 1.82) is 0 Å². The lowest BCUT2D eigenvalue weighted by atomic mass is 10.3. The predicted octanol–water partition coefficient (Wildman–Crippen LogP) is 1.71. The van der Waals surface area contributed by atoms with Crippen LogP contribution < -0.4 is 0 Å². The summed E-state index contributed by atoms with van der Waals surface area (Å²) < 4.78 is 1.66. The molecule has 1 aliphatic heterocycles. The Kier molecular flexibility index (Phi) is 3.34. The van der Waals surface area contributed by atoms with Crippen LogP contribution in [0.2, 0.25) is 0 Å². The van der Waals surface area contributed by atoms with Crippen LogP contribution in [0.3, 0.4) is 0 Å². The number of carboxylic acids is 1. The lowest BCUT2D eigenvalue weighted by Crippen LogP contribution is -2.16. The number of carboxylic acid groups (broad SMARTS) is 1. The molecule has 0 unspecified atom stereocenters. The summed E-state index contributed by atoms with van der Waals surface area (Å²) in [5, 5.41) is 24.1. The Morgan fingerprint density at radius 1 is 1.47 bits per heavy atom. The molecule has 98 valence electrons. The van der Waals surface area contributed by atoms with E-state index in [1.165, 1.54) is 16.6 Å². The zero-order valence-corrected chi connectivity index (χ0v) is 11.4. The van der Waals surface area contributed by atoms with Gasteiger partial charge in [0.25, 0.3) is 0 Å². The zero-order chi connectivity index (χ0) is 13.2. The van der Waals surface area contributed by atoms with Crippen LogP contribution in [-0.4, -0.2) is 37.4 Å². The van der Waals surface area contributed by atoms with Gasteiger partial charge >= 0.3 is 5.97 Å². The maximum atomic E-state index is 10.7. The summed E-state index contributed by atoms with van der Waals surface area (Å²) in [6, 6.07) is 4.02. The van der Waals surface area contributed by atoms with Gasteiger partial charge in [-0.1, -0.05) is 17.8 Å². The van der Waals surface area contributed by atoms with Gasteiger partial charge in [-0.05, 0) is 11.4 Å². The summed E-state index contributed by atoms with van der Waals surface area (Å²) in [5.74, 6) is 0.437. The molecule has 0 bridgehead atoms. The van der Waals surface area contributed by atoms with Crippen LogP contribution in [0.15, 0.2) is 27.8 Å². The number of carbonyl (C=O) groups is 1. The summed E-state index contributed by atoms with van der Waals surface area (Å²) in [6.07, 6.45) is 0.623. The molecule has 2 aromatic heterocycles. The van der Waals surface area contributed by atoms with Crippen molar-refractivity contribution in [3.05, 3.63) is 28.2 Å². The summed E-state index contributed by atoms with van der Waals surface area (Å²) in [5.41, 5.74) is 0.636. The molecule has 6 nitrogen and oxygen atoms in total. The quantitative estimate of drug-likeness (QED) is 0.928. The van der Waals surface area contributed by atoms with Crippen LogP contribution in [0.25, 0.3) is 0 Å². The number of aromatic nitrogens is 3. The van der Waals surface area contributed by atoms with Crippen molar-refractivity contribution >= 4 is 34.8 Å². The molecule has 19 heavy (non-hydrogen) atoms. The fourth-order valence-electron chi connectivity index (χ4n) is 1.74. The van der Waals surface area contributed by atoms with Crippen LogP contribution in [-0.2, 0) is 11.2 Å². The highest BCUT2D eigenvalue weighted by Gasteiger charge is 2.20. The third-order valence-electron chi connectivity index (χ3n) is 2.55. The number of aliphatic carboxylic acids is 1. The van der Waals surface area contributed by atoms with Gasteiger partial charge in [0.05, 0.1) is 12.1 Å². The summed E-state index contributed by atoms with van der Waals surface area (Å²) in [4.78, 5) is 11.9. The molecule has 1 N–H and O–H groups in total. The molecular formula is C11H10N4O2S2. The normalized spacial score (nSPS) is 14.0. The molecule has 3 heterocycles. The first-order valence-corrected chi connectivity index (χ1v) is 7.47. The molecule has 2 aromatic rings. The van der Waals surface area contributed by atoms with Gasteiger partial charge in [0.15, 0.2) is 5.82 Å². The minimum atomic E-state index is -0.865. The van der Waals surface area contributed by atoms with E-state index >= 15 is 0 Å². The van der Waals surface area contributed by atoms with E-state index in [2.05, 4.69) is 15.3 Å². The highest BCUT2D eigenvalue weighted by Crippen LogP contribution is 2.24. The number of hydrogen-bond acceptors (Lipinski definition) is 6. The van der Waals surface area contributed by atoms with Crippen molar-refractivity contribution in [1.82, 2.24) is 14.9 Å². The molecule has 0 aromatic carbocycles. The zero-order valence-electron chi connectivity index (χ0n) is 9.81. The van der Waals surface area contributed by atoms with E-state index in [1.807, 2.05) is 17.5 Å². The van der Waals surface area contributed by atoms with E-state index in [0.717, 1.165) is 11.0 Å². The number of nitrogens with zero attached hydrogens (tertiary/aromatic N) is 4. The van der Waals surface area contributed by atoms with Crippen molar-refractivity contribution in [3.63, 3.8) is 0 Å². The van der Waals surface area contributed by atoms with Crippen LogP contribution in [0.4, 0.5) is 0 Å². The third kappa shape index (κ3) is 2.69. The number of thiophene rings is 1. The van der Waals surface area contributed by atoms with Gasteiger partial charge in [-0.2, -0.15) is 9.78 Å². The van der Waals surface area contributed by atoms with Crippen LogP contribution >= 0.6 is 23.1 Å². The van der Waals surface area contributed by atoms with E-state index in [1.54, 1.807) is 16.0 Å². The summed E-state index contributed by atoms with van der Waals surface area (Å²) in [7, 11) is 0. The minimum absolute atomic E-state index is 0.0386. The van der Waals surface area contributed by atoms with Gasteiger partial charge in [-0.25, -0.2) is 0 Å². The molecule has 8 heteroatoms. The van der Waals surface area contributed by atoms with E-state index < -0.39 is 5.97 Å². The van der Waals surface area contributed by atoms with Crippen LogP contribution in [0.5, 0.6) is 0 Å². The highest BCUT2D eigenvalue weighted by molar-refractivity contribution is 7.99. The second kappa shape index (κ2) is 5.14. The second-order valence-electron chi connectivity index (χ2n) is 3.99. The van der Waals surface area contributed by atoms with E-state index in [0.29, 0.717) is 17.9 Å². The summed E-state index contributed by atoms with van der Waals surface area (Å²) >= 11 is 3.12.